The zero-order valence-corrected chi connectivity index (χ0v) is 13.3. The summed E-state index contributed by atoms with van der Waals surface area (Å²) in [6.45, 7) is 9.88. The third kappa shape index (κ3) is 2.70. The summed E-state index contributed by atoms with van der Waals surface area (Å²) in [5, 5.41) is 9.62. The van der Waals surface area contributed by atoms with Crippen molar-refractivity contribution >= 4 is 18.3 Å². The number of aliphatic hydroxyl groups is 1. The highest BCUT2D eigenvalue weighted by Gasteiger charge is 2.51. The summed E-state index contributed by atoms with van der Waals surface area (Å²) in [5.74, 6) is 0. The van der Waals surface area contributed by atoms with E-state index in [1.54, 1.807) is 0 Å². The maximum Gasteiger partial charge on any atom is 0.494 e. The second-order valence-electron chi connectivity index (χ2n) is 7.07. The number of hydrogen-bond acceptors (Lipinski definition) is 4. The van der Waals surface area contributed by atoms with E-state index in [2.05, 4.69) is 56.9 Å². The molecule has 0 radical (unpaired) electrons. The molecule has 1 aromatic carbocycles. The van der Waals surface area contributed by atoms with Crippen LogP contribution < -0.4 is 10.4 Å². The third-order valence-corrected chi connectivity index (χ3v) is 4.95. The lowest BCUT2D eigenvalue weighted by molar-refractivity contribution is 0.00578. The first-order chi connectivity index (χ1) is 9.78. The largest absolute Gasteiger partial charge is 0.494 e. The first-order valence-corrected chi connectivity index (χ1v) is 7.67. The van der Waals surface area contributed by atoms with Crippen LogP contribution in [0.3, 0.4) is 0 Å². The number of aliphatic hydroxyl groups excluding tert-OH is 1. The van der Waals surface area contributed by atoms with E-state index in [1.807, 2.05) is 0 Å². The van der Waals surface area contributed by atoms with Gasteiger partial charge >= 0.3 is 7.12 Å². The van der Waals surface area contributed by atoms with Gasteiger partial charge in [-0.1, -0.05) is 12.1 Å². The zero-order valence-electron chi connectivity index (χ0n) is 13.3. The van der Waals surface area contributed by atoms with Crippen LogP contribution in [0.1, 0.15) is 34.1 Å². The summed E-state index contributed by atoms with van der Waals surface area (Å²) in [4.78, 5) is 2.21. The molecule has 0 spiro atoms. The first kappa shape index (κ1) is 14.9. The summed E-state index contributed by atoms with van der Waals surface area (Å²) in [6, 6.07) is 8.28. The van der Waals surface area contributed by atoms with Crippen molar-refractivity contribution in [3.05, 3.63) is 24.3 Å². The average Bonchev–Trinajstić information content (AvgIpc) is 2.92. The number of rotatable bonds is 2. The van der Waals surface area contributed by atoms with E-state index in [1.165, 1.54) is 0 Å². The molecule has 0 saturated carbocycles. The van der Waals surface area contributed by atoms with Crippen LogP contribution >= 0.6 is 0 Å². The molecule has 3 rings (SSSR count). The Hall–Kier alpha value is -1.04. The predicted molar refractivity (Wildman–Crippen MR) is 85.0 cm³/mol. The molecule has 2 heterocycles. The van der Waals surface area contributed by atoms with Gasteiger partial charge in [0.1, 0.15) is 0 Å². The van der Waals surface area contributed by atoms with Crippen LogP contribution in [0, 0.1) is 0 Å². The lowest BCUT2D eigenvalue weighted by atomic mass is 9.79. The predicted octanol–water partition coefficient (Wildman–Crippen LogP) is 1.56. The average molecular weight is 289 g/mol. The Bertz CT molecular complexity index is 499. The normalized spacial score (nSPS) is 27.4. The maximum atomic E-state index is 9.62. The van der Waals surface area contributed by atoms with Crippen LogP contribution in [0.5, 0.6) is 0 Å². The van der Waals surface area contributed by atoms with Crippen LogP contribution in [-0.2, 0) is 9.31 Å². The second-order valence-corrected chi connectivity index (χ2v) is 7.07. The lowest BCUT2D eigenvalue weighted by Crippen LogP contribution is -2.41. The van der Waals surface area contributed by atoms with Gasteiger partial charge in [0, 0.05) is 18.8 Å². The SMILES string of the molecule is CC1(C)OB(c2ccc(N3CC[C@H](O)C3)cc2)OC1(C)C. The molecule has 0 aliphatic carbocycles. The Kier molecular flexibility index (Phi) is 3.55. The summed E-state index contributed by atoms with van der Waals surface area (Å²) >= 11 is 0. The van der Waals surface area contributed by atoms with Gasteiger partial charge in [0.25, 0.3) is 0 Å². The monoisotopic (exact) mass is 289 g/mol. The van der Waals surface area contributed by atoms with Crippen LogP contribution in [0.25, 0.3) is 0 Å². The molecular formula is C16H24BNO3. The van der Waals surface area contributed by atoms with Crippen molar-refractivity contribution in [2.75, 3.05) is 18.0 Å². The summed E-state index contributed by atoms with van der Waals surface area (Å²) in [5.41, 5.74) is 1.56. The van der Waals surface area contributed by atoms with Crippen LogP contribution in [0.4, 0.5) is 5.69 Å². The molecule has 1 aromatic rings. The Balaban J connectivity index is 1.74. The van der Waals surface area contributed by atoms with Gasteiger partial charge in [0.15, 0.2) is 0 Å². The number of β-amino-alcohol motifs (C(OH)–C–C–N with tert-alkyl or cyclic N) is 1. The molecular weight excluding hydrogens is 265 g/mol. The highest BCUT2D eigenvalue weighted by Crippen LogP contribution is 2.36. The highest BCUT2D eigenvalue weighted by molar-refractivity contribution is 6.62. The standard InChI is InChI=1S/C16H24BNO3/c1-15(2)16(3,4)21-17(20-15)12-5-7-13(8-6-12)18-10-9-14(19)11-18/h5-8,14,19H,9-11H2,1-4H3/t14-/m0/s1. The fourth-order valence-corrected chi connectivity index (χ4v) is 2.80. The molecule has 0 amide bonds. The molecule has 2 aliphatic rings. The molecule has 0 unspecified atom stereocenters. The number of benzene rings is 1. The minimum Gasteiger partial charge on any atom is -0.399 e. The first-order valence-electron chi connectivity index (χ1n) is 7.67. The van der Waals surface area contributed by atoms with Crippen molar-refractivity contribution in [2.45, 2.75) is 51.4 Å². The van der Waals surface area contributed by atoms with Gasteiger partial charge in [-0.25, -0.2) is 0 Å². The number of anilines is 1. The number of hydrogen-bond donors (Lipinski definition) is 1. The third-order valence-electron chi connectivity index (χ3n) is 4.95. The van der Waals surface area contributed by atoms with Crippen molar-refractivity contribution in [3.8, 4) is 0 Å². The molecule has 1 atom stereocenters. The molecule has 2 saturated heterocycles. The topological polar surface area (TPSA) is 41.9 Å². The molecule has 1 N–H and O–H groups in total. The van der Waals surface area contributed by atoms with Crippen LogP contribution in [0.15, 0.2) is 24.3 Å². The lowest BCUT2D eigenvalue weighted by Gasteiger charge is -2.32. The van der Waals surface area contributed by atoms with E-state index >= 15 is 0 Å². The van der Waals surface area contributed by atoms with Gasteiger partial charge in [0.05, 0.1) is 17.3 Å². The quantitative estimate of drug-likeness (QED) is 0.839. The van der Waals surface area contributed by atoms with E-state index in [9.17, 15) is 5.11 Å². The van der Waals surface area contributed by atoms with Gasteiger partial charge in [0.2, 0.25) is 0 Å². The van der Waals surface area contributed by atoms with E-state index in [0.717, 1.165) is 30.7 Å². The van der Waals surface area contributed by atoms with Gasteiger partial charge in [-0.2, -0.15) is 0 Å². The highest BCUT2D eigenvalue weighted by atomic mass is 16.7. The van der Waals surface area contributed by atoms with Gasteiger partial charge < -0.3 is 19.3 Å². The van der Waals surface area contributed by atoms with Crippen LogP contribution in [-0.4, -0.2) is 42.6 Å². The van der Waals surface area contributed by atoms with Gasteiger partial charge in [-0.3, -0.25) is 0 Å². The molecule has 2 aliphatic heterocycles. The molecule has 114 valence electrons. The zero-order chi connectivity index (χ0) is 15.3. The van der Waals surface area contributed by atoms with Gasteiger partial charge in [-0.15, -0.1) is 0 Å². The Morgan fingerprint density at radius 3 is 2.14 bits per heavy atom. The summed E-state index contributed by atoms with van der Waals surface area (Å²) < 4.78 is 12.1. The fourth-order valence-electron chi connectivity index (χ4n) is 2.80. The van der Waals surface area contributed by atoms with E-state index in [0.29, 0.717) is 0 Å². The molecule has 0 aromatic heterocycles. The summed E-state index contributed by atoms with van der Waals surface area (Å²) in [6.07, 6.45) is 0.645. The Labute approximate surface area is 127 Å². The van der Waals surface area contributed by atoms with Gasteiger partial charge in [-0.05, 0) is 51.7 Å². The second kappa shape index (κ2) is 5.01. The minimum atomic E-state index is -0.312. The fraction of sp³-hybridized carbons (Fsp3) is 0.625. The molecule has 0 bridgehead atoms. The Morgan fingerprint density at radius 2 is 1.67 bits per heavy atom. The molecule has 4 nitrogen and oxygen atoms in total. The molecule has 5 heteroatoms. The smallest absolute Gasteiger partial charge is 0.399 e. The van der Waals surface area contributed by atoms with Crippen molar-refractivity contribution in [1.29, 1.82) is 0 Å². The van der Waals surface area contributed by atoms with E-state index in [-0.39, 0.29) is 24.4 Å². The minimum absolute atomic E-state index is 0.201. The molecule has 2 fully saturated rings. The van der Waals surface area contributed by atoms with E-state index in [4.69, 9.17) is 9.31 Å². The van der Waals surface area contributed by atoms with Crippen molar-refractivity contribution < 1.29 is 14.4 Å². The number of nitrogens with zero attached hydrogens (tertiary/aromatic N) is 1. The van der Waals surface area contributed by atoms with Crippen molar-refractivity contribution in [3.63, 3.8) is 0 Å². The maximum absolute atomic E-state index is 9.62. The van der Waals surface area contributed by atoms with Crippen molar-refractivity contribution in [1.82, 2.24) is 0 Å². The van der Waals surface area contributed by atoms with Crippen LogP contribution in [0.2, 0.25) is 0 Å². The Morgan fingerprint density at radius 1 is 1.10 bits per heavy atom. The molecule has 21 heavy (non-hydrogen) atoms. The summed E-state index contributed by atoms with van der Waals surface area (Å²) in [7, 11) is -0.312. The van der Waals surface area contributed by atoms with E-state index < -0.39 is 0 Å². The van der Waals surface area contributed by atoms with Crippen molar-refractivity contribution in [2.24, 2.45) is 0 Å².